The van der Waals surface area contributed by atoms with Gasteiger partial charge in [0.15, 0.2) is 0 Å². The first-order valence-corrected chi connectivity index (χ1v) is 10.2. The molecule has 2 aliphatic rings. The molecule has 2 amide bonds. The Morgan fingerprint density at radius 1 is 1.03 bits per heavy atom. The van der Waals surface area contributed by atoms with Crippen LogP contribution in [-0.4, -0.2) is 61.4 Å². The number of likely N-dealkylation sites (N-methyl/N-ethyl adjacent to an activating group) is 1. The molecule has 6 heteroatoms. The highest BCUT2D eigenvalue weighted by Crippen LogP contribution is 2.32. The van der Waals surface area contributed by atoms with Gasteiger partial charge in [0.25, 0.3) is 0 Å². The van der Waals surface area contributed by atoms with Gasteiger partial charge in [-0.05, 0) is 42.3 Å². The van der Waals surface area contributed by atoms with E-state index < -0.39 is 6.04 Å². The van der Waals surface area contributed by atoms with Gasteiger partial charge >= 0.3 is 0 Å². The number of carbonyl (C=O) groups excluding carboxylic acids is 2. The highest BCUT2D eigenvalue weighted by molar-refractivity contribution is 5.92. The van der Waals surface area contributed by atoms with Gasteiger partial charge in [0, 0.05) is 38.4 Å². The second-order valence-electron chi connectivity index (χ2n) is 7.47. The van der Waals surface area contributed by atoms with E-state index in [4.69, 9.17) is 4.74 Å². The molecule has 6 nitrogen and oxygen atoms in total. The van der Waals surface area contributed by atoms with Crippen molar-refractivity contribution in [1.82, 2.24) is 9.80 Å². The molecule has 29 heavy (non-hydrogen) atoms. The third-order valence-electron chi connectivity index (χ3n) is 5.93. The number of anilines is 1. The lowest BCUT2D eigenvalue weighted by atomic mass is 9.91. The Bertz CT molecular complexity index is 888. The highest BCUT2D eigenvalue weighted by atomic mass is 16.5. The van der Waals surface area contributed by atoms with E-state index in [0.29, 0.717) is 26.1 Å². The highest BCUT2D eigenvalue weighted by Gasteiger charge is 2.39. The summed E-state index contributed by atoms with van der Waals surface area (Å²) in [5, 5.41) is 0. The van der Waals surface area contributed by atoms with Gasteiger partial charge in [-0.3, -0.25) is 9.59 Å². The Hall–Kier alpha value is -3.02. The molecule has 2 aliphatic heterocycles. The van der Waals surface area contributed by atoms with Crippen LogP contribution in [0.2, 0.25) is 0 Å². The summed E-state index contributed by atoms with van der Waals surface area (Å²) in [6.07, 6.45) is 0.374. The summed E-state index contributed by atoms with van der Waals surface area (Å²) in [7, 11) is 1.66. The standard InChI is InChI=1S/C23H27N3O3/c1-3-26-21(27)16-17-6-4-5-7-20(17)22(26)23(28)25-14-12-24(13-15-25)18-8-10-19(29-2)11-9-18/h4-11,22H,3,12-16H2,1-2H3. The maximum Gasteiger partial charge on any atom is 0.250 e. The van der Waals surface area contributed by atoms with Crippen LogP contribution >= 0.6 is 0 Å². The van der Waals surface area contributed by atoms with Crippen LogP contribution < -0.4 is 9.64 Å². The number of rotatable bonds is 4. The number of benzene rings is 2. The second-order valence-corrected chi connectivity index (χ2v) is 7.47. The van der Waals surface area contributed by atoms with Crippen LogP contribution in [0.3, 0.4) is 0 Å². The summed E-state index contributed by atoms with van der Waals surface area (Å²) in [5.41, 5.74) is 3.07. The van der Waals surface area contributed by atoms with Crippen molar-refractivity contribution < 1.29 is 14.3 Å². The Morgan fingerprint density at radius 2 is 1.72 bits per heavy atom. The topological polar surface area (TPSA) is 53.1 Å². The molecule has 0 bridgehead atoms. The SMILES string of the molecule is CCN1C(=O)Cc2ccccc2C1C(=O)N1CCN(c2ccc(OC)cc2)CC1. The van der Waals surface area contributed by atoms with Crippen LogP contribution in [0.1, 0.15) is 24.1 Å². The van der Waals surface area contributed by atoms with Crippen molar-refractivity contribution in [2.45, 2.75) is 19.4 Å². The van der Waals surface area contributed by atoms with E-state index in [1.165, 1.54) is 0 Å². The number of ether oxygens (including phenoxy) is 1. The summed E-state index contributed by atoms with van der Waals surface area (Å²) in [6, 6.07) is 15.3. The number of nitrogens with zero attached hydrogens (tertiary/aromatic N) is 3. The lowest BCUT2D eigenvalue weighted by Gasteiger charge is -2.41. The van der Waals surface area contributed by atoms with Crippen LogP contribution in [0.5, 0.6) is 5.75 Å². The van der Waals surface area contributed by atoms with Crippen molar-refractivity contribution in [2.75, 3.05) is 44.7 Å². The van der Waals surface area contributed by atoms with Gasteiger partial charge in [-0.2, -0.15) is 0 Å². The minimum Gasteiger partial charge on any atom is -0.497 e. The number of carbonyl (C=O) groups is 2. The number of piperazine rings is 1. The van der Waals surface area contributed by atoms with Crippen molar-refractivity contribution in [3.63, 3.8) is 0 Å². The molecule has 4 rings (SSSR count). The van der Waals surface area contributed by atoms with E-state index in [9.17, 15) is 9.59 Å². The van der Waals surface area contributed by atoms with E-state index in [0.717, 1.165) is 35.7 Å². The fourth-order valence-corrected chi connectivity index (χ4v) is 4.31. The fraction of sp³-hybridized carbons (Fsp3) is 0.391. The van der Waals surface area contributed by atoms with E-state index in [1.54, 1.807) is 12.0 Å². The first kappa shape index (κ1) is 19.3. The van der Waals surface area contributed by atoms with Gasteiger partial charge in [0.05, 0.1) is 13.5 Å². The molecule has 0 N–H and O–H groups in total. The molecule has 0 spiro atoms. The number of methoxy groups -OCH3 is 1. The summed E-state index contributed by atoms with van der Waals surface area (Å²) >= 11 is 0. The quantitative estimate of drug-likeness (QED) is 0.801. The van der Waals surface area contributed by atoms with E-state index >= 15 is 0 Å². The summed E-state index contributed by atoms with van der Waals surface area (Å²) in [5.74, 6) is 0.894. The number of hydrogen-bond donors (Lipinski definition) is 0. The number of fused-ring (bicyclic) bond motifs is 1. The van der Waals surface area contributed by atoms with Gasteiger partial charge in [-0.25, -0.2) is 0 Å². The van der Waals surface area contributed by atoms with Gasteiger partial charge in [-0.15, -0.1) is 0 Å². The first-order chi connectivity index (χ1) is 14.1. The fourth-order valence-electron chi connectivity index (χ4n) is 4.31. The molecule has 2 aromatic rings. The molecule has 0 aromatic heterocycles. The average Bonchev–Trinajstić information content (AvgIpc) is 2.78. The second kappa shape index (κ2) is 8.15. The van der Waals surface area contributed by atoms with Crippen molar-refractivity contribution in [3.8, 4) is 5.75 Å². The minimum absolute atomic E-state index is 0.0291. The maximum atomic E-state index is 13.5. The Morgan fingerprint density at radius 3 is 2.38 bits per heavy atom. The van der Waals surface area contributed by atoms with E-state index in [1.807, 2.05) is 60.4 Å². The van der Waals surface area contributed by atoms with Gasteiger partial charge in [0.2, 0.25) is 11.8 Å². The summed E-state index contributed by atoms with van der Waals surface area (Å²) in [4.78, 5) is 32.0. The summed E-state index contributed by atoms with van der Waals surface area (Å²) in [6.45, 7) is 5.31. The molecule has 0 radical (unpaired) electrons. The molecule has 1 atom stereocenters. The first-order valence-electron chi connectivity index (χ1n) is 10.2. The molecular weight excluding hydrogens is 366 g/mol. The zero-order valence-electron chi connectivity index (χ0n) is 17.0. The maximum absolute atomic E-state index is 13.5. The van der Waals surface area contributed by atoms with Gasteiger partial charge < -0.3 is 19.4 Å². The Balaban J connectivity index is 1.49. The van der Waals surface area contributed by atoms with Crippen molar-refractivity contribution >= 4 is 17.5 Å². The minimum atomic E-state index is -0.509. The van der Waals surface area contributed by atoms with Crippen LogP contribution in [0.15, 0.2) is 48.5 Å². The molecule has 1 fully saturated rings. The Kier molecular flexibility index (Phi) is 5.43. The normalized spacial score (nSPS) is 19.2. The molecule has 2 aromatic carbocycles. The van der Waals surface area contributed by atoms with Crippen LogP contribution in [0, 0.1) is 0 Å². The van der Waals surface area contributed by atoms with Crippen LogP contribution in [0.4, 0.5) is 5.69 Å². The van der Waals surface area contributed by atoms with Gasteiger partial charge in [0.1, 0.15) is 11.8 Å². The third-order valence-corrected chi connectivity index (χ3v) is 5.93. The van der Waals surface area contributed by atoms with Crippen molar-refractivity contribution in [1.29, 1.82) is 0 Å². The zero-order valence-corrected chi connectivity index (χ0v) is 17.0. The molecule has 1 saturated heterocycles. The Labute approximate surface area is 171 Å². The number of hydrogen-bond acceptors (Lipinski definition) is 4. The molecular formula is C23H27N3O3. The molecule has 2 heterocycles. The van der Waals surface area contributed by atoms with E-state index in [2.05, 4.69) is 4.90 Å². The molecule has 0 saturated carbocycles. The summed E-state index contributed by atoms with van der Waals surface area (Å²) < 4.78 is 5.23. The lowest BCUT2D eigenvalue weighted by Crippen LogP contribution is -2.54. The largest absolute Gasteiger partial charge is 0.497 e. The monoisotopic (exact) mass is 393 g/mol. The van der Waals surface area contributed by atoms with Crippen LogP contribution in [0.25, 0.3) is 0 Å². The van der Waals surface area contributed by atoms with Crippen molar-refractivity contribution in [3.05, 3.63) is 59.7 Å². The molecule has 152 valence electrons. The zero-order chi connectivity index (χ0) is 20.4. The molecule has 0 aliphatic carbocycles. The number of amides is 2. The third kappa shape index (κ3) is 3.67. The smallest absolute Gasteiger partial charge is 0.250 e. The van der Waals surface area contributed by atoms with Crippen LogP contribution in [-0.2, 0) is 16.0 Å². The molecule has 1 unspecified atom stereocenters. The predicted octanol–water partition coefficient (Wildman–Crippen LogP) is 2.49. The van der Waals surface area contributed by atoms with E-state index in [-0.39, 0.29) is 11.8 Å². The van der Waals surface area contributed by atoms with Crippen molar-refractivity contribution in [2.24, 2.45) is 0 Å². The van der Waals surface area contributed by atoms with Gasteiger partial charge in [-0.1, -0.05) is 24.3 Å². The predicted molar refractivity (Wildman–Crippen MR) is 112 cm³/mol. The average molecular weight is 393 g/mol. The lowest BCUT2D eigenvalue weighted by molar-refractivity contribution is -0.147.